The van der Waals surface area contributed by atoms with Gasteiger partial charge in [-0.05, 0) is 52.0 Å². The summed E-state index contributed by atoms with van der Waals surface area (Å²) in [5.74, 6) is 2.41. The molecule has 28 heavy (non-hydrogen) atoms. The van der Waals surface area contributed by atoms with Gasteiger partial charge in [-0.3, -0.25) is 0 Å². The third kappa shape index (κ3) is 5.33. The van der Waals surface area contributed by atoms with Crippen molar-refractivity contribution in [1.29, 1.82) is 0 Å². The minimum Gasteiger partial charge on any atom is -0.489 e. The first kappa shape index (κ1) is 19.4. The Morgan fingerprint density at radius 3 is 1.86 bits per heavy atom. The predicted molar refractivity (Wildman–Crippen MR) is 111 cm³/mol. The van der Waals surface area contributed by atoms with Crippen LogP contribution in [0.2, 0.25) is 0 Å². The first-order chi connectivity index (χ1) is 13.5. The largest absolute Gasteiger partial charge is 0.489 e. The lowest BCUT2D eigenvalue weighted by atomic mass is 10.3. The van der Waals surface area contributed by atoms with Crippen LogP contribution in [0.3, 0.4) is 0 Å². The minimum atomic E-state index is 0.0625. The minimum absolute atomic E-state index is 0.0625. The van der Waals surface area contributed by atoms with E-state index in [1.807, 2.05) is 76.2 Å². The van der Waals surface area contributed by atoms with Crippen molar-refractivity contribution >= 4 is 23.1 Å². The summed E-state index contributed by atoms with van der Waals surface area (Å²) < 4.78 is 11.7. The van der Waals surface area contributed by atoms with E-state index in [2.05, 4.69) is 25.8 Å². The fraction of sp³-hybridized carbons (Fsp3) is 0.286. The zero-order chi connectivity index (χ0) is 19.9. The van der Waals surface area contributed by atoms with Gasteiger partial charge in [0.25, 0.3) is 0 Å². The molecule has 0 atom stereocenters. The van der Waals surface area contributed by atoms with Gasteiger partial charge in [-0.25, -0.2) is 0 Å². The van der Waals surface area contributed by atoms with Crippen LogP contribution in [0.25, 0.3) is 0 Å². The number of aromatic nitrogens is 3. The number of para-hydroxylation sites is 4. The van der Waals surface area contributed by atoms with Gasteiger partial charge in [0.1, 0.15) is 11.5 Å². The molecular formula is C21H25N5O2. The number of nitrogens with one attached hydrogen (secondary N) is 2. The molecule has 0 aliphatic carbocycles. The summed E-state index contributed by atoms with van der Waals surface area (Å²) in [6, 6.07) is 15.4. The van der Waals surface area contributed by atoms with E-state index in [0.29, 0.717) is 11.8 Å². The molecule has 0 unspecified atom stereocenters. The van der Waals surface area contributed by atoms with Crippen molar-refractivity contribution in [2.24, 2.45) is 0 Å². The van der Waals surface area contributed by atoms with Crippen LogP contribution in [-0.2, 0) is 0 Å². The summed E-state index contributed by atoms with van der Waals surface area (Å²) in [6.45, 7) is 7.94. The molecule has 1 aromatic heterocycles. The van der Waals surface area contributed by atoms with E-state index >= 15 is 0 Å². The summed E-state index contributed by atoms with van der Waals surface area (Å²) >= 11 is 0. The second-order valence-corrected chi connectivity index (χ2v) is 6.74. The molecule has 0 fully saturated rings. The topological polar surface area (TPSA) is 81.2 Å². The van der Waals surface area contributed by atoms with Gasteiger partial charge in [-0.2, -0.15) is 10.1 Å². The highest BCUT2D eigenvalue weighted by molar-refractivity contribution is 5.66. The zero-order valence-electron chi connectivity index (χ0n) is 16.5. The second kappa shape index (κ2) is 9.03. The highest BCUT2D eigenvalue weighted by Gasteiger charge is 2.10. The molecule has 1 heterocycles. The quantitative estimate of drug-likeness (QED) is 0.574. The molecule has 0 spiro atoms. The average Bonchev–Trinajstić information content (AvgIpc) is 2.64. The zero-order valence-corrected chi connectivity index (χ0v) is 16.5. The Morgan fingerprint density at radius 2 is 1.29 bits per heavy atom. The molecule has 0 saturated carbocycles. The lowest BCUT2D eigenvalue weighted by Crippen LogP contribution is -2.09. The van der Waals surface area contributed by atoms with E-state index in [1.165, 1.54) is 0 Å². The Labute approximate surface area is 165 Å². The normalized spacial score (nSPS) is 10.8. The SMILES string of the molecule is CC(C)Oc1ccccc1Nc1cnnc(Nc2ccccc2OC(C)C)n1. The van der Waals surface area contributed by atoms with Crippen LogP contribution in [0.1, 0.15) is 27.7 Å². The van der Waals surface area contributed by atoms with Crippen molar-refractivity contribution in [2.75, 3.05) is 10.6 Å². The van der Waals surface area contributed by atoms with Crippen molar-refractivity contribution in [3.05, 3.63) is 54.7 Å². The summed E-state index contributed by atoms with van der Waals surface area (Å²) in [5, 5.41) is 14.5. The van der Waals surface area contributed by atoms with Gasteiger partial charge >= 0.3 is 0 Å². The molecule has 2 N–H and O–H groups in total. The number of ether oxygens (including phenoxy) is 2. The molecule has 3 aromatic rings. The standard InChI is InChI=1S/C21H25N5O2/c1-14(2)27-18-11-7-5-9-16(18)23-20-13-22-26-21(25-20)24-17-10-6-8-12-19(17)28-15(3)4/h5-15H,1-4H3,(H2,23,24,25,26). The van der Waals surface area contributed by atoms with E-state index in [4.69, 9.17) is 9.47 Å². The van der Waals surface area contributed by atoms with Gasteiger partial charge in [0.15, 0.2) is 5.82 Å². The monoisotopic (exact) mass is 379 g/mol. The molecule has 0 saturated heterocycles. The number of nitrogens with zero attached hydrogens (tertiary/aromatic N) is 3. The number of benzene rings is 2. The summed E-state index contributed by atoms with van der Waals surface area (Å²) in [7, 11) is 0. The predicted octanol–water partition coefficient (Wildman–Crippen LogP) is 4.93. The van der Waals surface area contributed by atoms with Gasteiger partial charge < -0.3 is 20.1 Å². The Bertz CT molecular complexity index is 844. The Balaban J connectivity index is 1.79. The molecule has 0 bridgehead atoms. The van der Waals surface area contributed by atoms with Gasteiger partial charge in [0, 0.05) is 0 Å². The molecule has 146 valence electrons. The fourth-order valence-corrected chi connectivity index (χ4v) is 2.53. The molecule has 3 rings (SSSR count). The summed E-state index contributed by atoms with van der Waals surface area (Å²) in [6.07, 6.45) is 1.70. The fourth-order valence-electron chi connectivity index (χ4n) is 2.53. The second-order valence-electron chi connectivity index (χ2n) is 6.74. The van der Waals surface area contributed by atoms with Gasteiger partial charge in [-0.1, -0.05) is 24.3 Å². The highest BCUT2D eigenvalue weighted by Crippen LogP contribution is 2.29. The van der Waals surface area contributed by atoms with E-state index in [1.54, 1.807) is 6.20 Å². The average molecular weight is 379 g/mol. The summed E-state index contributed by atoms with van der Waals surface area (Å²) in [5.41, 5.74) is 1.59. The Hall–Kier alpha value is -3.35. The van der Waals surface area contributed by atoms with Crippen molar-refractivity contribution in [3.8, 4) is 11.5 Å². The number of rotatable bonds is 8. The number of hydrogen-bond donors (Lipinski definition) is 2. The van der Waals surface area contributed by atoms with Gasteiger partial charge in [0.05, 0.1) is 29.8 Å². The third-order valence-corrected chi connectivity index (χ3v) is 3.57. The van der Waals surface area contributed by atoms with Gasteiger partial charge in [0.2, 0.25) is 5.95 Å². The Morgan fingerprint density at radius 1 is 0.750 bits per heavy atom. The Kier molecular flexibility index (Phi) is 6.26. The van der Waals surface area contributed by atoms with Gasteiger partial charge in [-0.15, -0.1) is 5.10 Å². The number of hydrogen-bond acceptors (Lipinski definition) is 7. The van der Waals surface area contributed by atoms with Crippen LogP contribution < -0.4 is 20.1 Å². The van der Waals surface area contributed by atoms with Crippen LogP contribution in [0.15, 0.2) is 54.7 Å². The van der Waals surface area contributed by atoms with Crippen LogP contribution >= 0.6 is 0 Å². The first-order valence-corrected chi connectivity index (χ1v) is 9.26. The lowest BCUT2D eigenvalue weighted by molar-refractivity contribution is 0.243. The van der Waals surface area contributed by atoms with E-state index < -0.39 is 0 Å². The van der Waals surface area contributed by atoms with Crippen molar-refractivity contribution in [1.82, 2.24) is 15.2 Å². The molecular weight excluding hydrogens is 354 g/mol. The maximum atomic E-state index is 5.84. The van der Waals surface area contributed by atoms with Crippen molar-refractivity contribution in [3.63, 3.8) is 0 Å². The molecule has 7 heteroatoms. The number of anilines is 4. The molecule has 0 aliphatic rings. The van der Waals surface area contributed by atoms with E-state index in [0.717, 1.165) is 22.9 Å². The van der Waals surface area contributed by atoms with Crippen LogP contribution in [-0.4, -0.2) is 27.4 Å². The summed E-state index contributed by atoms with van der Waals surface area (Å²) in [4.78, 5) is 4.50. The van der Waals surface area contributed by atoms with E-state index in [9.17, 15) is 0 Å². The lowest BCUT2D eigenvalue weighted by Gasteiger charge is -2.16. The molecule has 7 nitrogen and oxygen atoms in total. The van der Waals surface area contributed by atoms with Crippen LogP contribution in [0.4, 0.5) is 23.1 Å². The maximum Gasteiger partial charge on any atom is 0.249 e. The van der Waals surface area contributed by atoms with E-state index in [-0.39, 0.29) is 12.2 Å². The molecule has 0 amide bonds. The first-order valence-electron chi connectivity index (χ1n) is 9.26. The third-order valence-electron chi connectivity index (χ3n) is 3.57. The maximum absolute atomic E-state index is 5.84. The van der Waals surface area contributed by atoms with Crippen LogP contribution in [0, 0.1) is 0 Å². The molecule has 0 aliphatic heterocycles. The smallest absolute Gasteiger partial charge is 0.249 e. The van der Waals surface area contributed by atoms with Crippen molar-refractivity contribution < 1.29 is 9.47 Å². The molecule has 0 radical (unpaired) electrons. The van der Waals surface area contributed by atoms with Crippen molar-refractivity contribution in [2.45, 2.75) is 39.9 Å². The van der Waals surface area contributed by atoms with Crippen LogP contribution in [0.5, 0.6) is 11.5 Å². The molecule has 2 aromatic carbocycles. The highest BCUT2D eigenvalue weighted by atomic mass is 16.5.